The van der Waals surface area contributed by atoms with Crippen molar-refractivity contribution < 1.29 is 4.39 Å². The van der Waals surface area contributed by atoms with Crippen molar-refractivity contribution in [2.24, 2.45) is 0 Å². The van der Waals surface area contributed by atoms with Crippen LogP contribution in [0.4, 0.5) is 4.39 Å². The molecule has 0 radical (unpaired) electrons. The fraction of sp³-hybridized carbons (Fsp3) is 0.250. The highest BCUT2D eigenvalue weighted by Gasteiger charge is 2.19. The van der Waals surface area contributed by atoms with Crippen LogP contribution in [0.5, 0.6) is 0 Å². The zero-order valence-corrected chi connectivity index (χ0v) is 8.73. The van der Waals surface area contributed by atoms with Crippen molar-refractivity contribution in [2.75, 3.05) is 13.1 Å². The molecule has 1 N–H and O–H groups in total. The Balaban J connectivity index is 1.91. The van der Waals surface area contributed by atoms with E-state index in [1.807, 2.05) is 16.9 Å². The molecule has 1 fully saturated rings. The fourth-order valence-corrected chi connectivity index (χ4v) is 1.82. The van der Waals surface area contributed by atoms with E-state index in [0.29, 0.717) is 6.04 Å². The van der Waals surface area contributed by atoms with Crippen LogP contribution < -0.4 is 5.32 Å². The van der Waals surface area contributed by atoms with Gasteiger partial charge >= 0.3 is 0 Å². The second-order valence-corrected chi connectivity index (χ2v) is 4.03. The number of benzene rings is 1. The molecule has 1 aliphatic rings. The van der Waals surface area contributed by atoms with Gasteiger partial charge in [-0.1, -0.05) is 12.1 Å². The summed E-state index contributed by atoms with van der Waals surface area (Å²) in [5.74, 6) is -0.212. The predicted octanol–water partition coefficient (Wildman–Crippen LogP) is 1.83. The number of aromatic nitrogens is 2. The van der Waals surface area contributed by atoms with Crippen molar-refractivity contribution in [2.45, 2.75) is 6.04 Å². The van der Waals surface area contributed by atoms with Crippen molar-refractivity contribution >= 4 is 0 Å². The maximum atomic E-state index is 13.1. The van der Waals surface area contributed by atoms with Crippen molar-refractivity contribution in [3.63, 3.8) is 0 Å². The second-order valence-electron chi connectivity index (χ2n) is 4.03. The Labute approximate surface area is 92.9 Å². The lowest BCUT2D eigenvalue weighted by Crippen LogP contribution is -2.43. The summed E-state index contributed by atoms with van der Waals surface area (Å²) >= 11 is 0. The van der Waals surface area contributed by atoms with Crippen LogP contribution in [0.1, 0.15) is 6.04 Å². The number of halogens is 1. The highest BCUT2D eigenvalue weighted by molar-refractivity contribution is 5.61. The molecular formula is C12H12FN3. The molecule has 1 aromatic carbocycles. The molecule has 0 spiro atoms. The third-order valence-corrected chi connectivity index (χ3v) is 2.89. The van der Waals surface area contributed by atoms with Crippen molar-refractivity contribution in [1.29, 1.82) is 0 Å². The topological polar surface area (TPSA) is 29.9 Å². The Kier molecular flexibility index (Phi) is 2.22. The maximum absolute atomic E-state index is 13.1. The molecular weight excluding hydrogens is 205 g/mol. The van der Waals surface area contributed by atoms with E-state index in [1.54, 1.807) is 12.3 Å². The lowest BCUT2D eigenvalue weighted by atomic mass is 10.1. The van der Waals surface area contributed by atoms with Gasteiger partial charge < -0.3 is 5.32 Å². The Morgan fingerprint density at radius 1 is 1.31 bits per heavy atom. The minimum Gasteiger partial charge on any atom is -0.312 e. The fourth-order valence-electron chi connectivity index (χ4n) is 1.82. The highest BCUT2D eigenvalue weighted by atomic mass is 19.1. The summed E-state index contributed by atoms with van der Waals surface area (Å²) < 4.78 is 15.0. The van der Waals surface area contributed by atoms with Gasteiger partial charge in [0.15, 0.2) is 0 Å². The van der Waals surface area contributed by atoms with Gasteiger partial charge in [0.25, 0.3) is 0 Å². The van der Waals surface area contributed by atoms with Crippen LogP contribution in [0.2, 0.25) is 0 Å². The minimum absolute atomic E-state index is 0.212. The number of nitrogens with zero attached hydrogens (tertiary/aromatic N) is 2. The molecule has 16 heavy (non-hydrogen) atoms. The Hall–Kier alpha value is -1.68. The van der Waals surface area contributed by atoms with Crippen LogP contribution in [0.25, 0.3) is 11.1 Å². The van der Waals surface area contributed by atoms with E-state index in [-0.39, 0.29) is 5.82 Å². The summed E-state index contributed by atoms with van der Waals surface area (Å²) in [6, 6.07) is 7.03. The van der Waals surface area contributed by atoms with Crippen LogP contribution in [-0.2, 0) is 0 Å². The molecule has 0 amide bonds. The van der Waals surface area contributed by atoms with Gasteiger partial charge in [0.05, 0.1) is 12.2 Å². The van der Waals surface area contributed by atoms with Gasteiger partial charge in [0.2, 0.25) is 0 Å². The molecule has 3 rings (SSSR count). The van der Waals surface area contributed by atoms with Crippen LogP contribution in [0.3, 0.4) is 0 Å². The first-order valence-corrected chi connectivity index (χ1v) is 5.34. The van der Waals surface area contributed by atoms with E-state index in [2.05, 4.69) is 10.4 Å². The molecule has 1 saturated heterocycles. The van der Waals surface area contributed by atoms with Crippen molar-refractivity contribution in [3.8, 4) is 11.1 Å². The van der Waals surface area contributed by atoms with Crippen molar-refractivity contribution in [1.82, 2.24) is 15.1 Å². The van der Waals surface area contributed by atoms with Gasteiger partial charge in [-0.2, -0.15) is 5.10 Å². The first kappa shape index (κ1) is 9.54. The van der Waals surface area contributed by atoms with E-state index in [1.165, 1.54) is 12.1 Å². The Morgan fingerprint density at radius 2 is 2.19 bits per heavy atom. The standard InChI is InChI=1S/C12H12FN3/c13-11-3-1-2-9(4-11)10-5-15-16(8-10)12-6-14-7-12/h1-5,8,12,14H,6-7H2. The zero-order chi connectivity index (χ0) is 11.0. The lowest BCUT2D eigenvalue weighted by Gasteiger charge is -2.27. The van der Waals surface area contributed by atoms with Crippen LogP contribution in [0.15, 0.2) is 36.7 Å². The van der Waals surface area contributed by atoms with Crippen LogP contribution in [-0.4, -0.2) is 22.9 Å². The molecule has 2 heterocycles. The second kappa shape index (κ2) is 3.72. The van der Waals surface area contributed by atoms with E-state index < -0.39 is 0 Å². The maximum Gasteiger partial charge on any atom is 0.123 e. The van der Waals surface area contributed by atoms with E-state index >= 15 is 0 Å². The number of nitrogens with one attached hydrogen (secondary N) is 1. The summed E-state index contributed by atoms with van der Waals surface area (Å²) in [6.07, 6.45) is 3.76. The molecule has 4 heteroatoms. The summed E-state index contributed by atoms with van der Waals surface area (Å²) in [5, 5.41) is 7.50. The summed E-state index contributed by atoms with van der Waals surface area (Å²) in [7, 11) is 0. The summed E-state index contributed by atoms with van der Waals surface area (Å²) in [6.45, 7) is 1.93. The molecule has 0 atom stereocenters. The Morgan fingerprint density at radius 3 is 2.88 bits per heavy atom. The largest absolute Gasteiger partial charge is 0.312 e. The van der Waals surface area contributed by atoms with Crippen LogP contribution >= 0.6 is 0 Å². The molecule has 3 nitrogen and oxygen atoms in total. The molecule has 0 bridgehead atoms. The summed E-state index contributed by atoms with van der Waals surface area (Å²) in [4.78, 5) is 0. The van der Waals surface area contributed by atoms with E-state index in [4.69, 9.17) is 0 Å². The monoisotopic (exact) mass is 217 g/mol. The molecule has 1 aliphatic heterocycles. The van der Waals surface area contributed by atoms with Crippen molar-refractivity contribution in [3.05, 3.63) is 42.5 Å². The smallest absolute Gasteiger partial charge is 0.123 e. The minimum atomic E-state index is -0.212. The molecule has 0 saturated carbocycles. The van der Waals surface area contributed by atoms with Gasteiger partial charge in [-0.05, 0) is 17.7 Å². The summed E-state index contributed by atoms with van der Waals surface area (Å²) in [5.41, 5.74) is 1.84. The van der Waals surface area contributed by atoms with Gasteiger partial charge in [-0.25, -0.2) is 4.39 Å². The lowest BCUT2D eigenvalue weighted by molar-refractivity contribution is 0.318. The third kappa shape index (κ3) is 1.61. The number of hydrogen-bond acceptors (Lipinski definition) is 2. The number of hydrogen-bond donors (Lipinski definition) is 1. The molecule has 1 aromatic heterocycles. The highest BCUT2D eigenvalue weighted by Crippen LogP contribution is 2.21. The van der Waals surface area contributed by atoms with E-state index in [0.717, 1.165) is 24.2 Å². The average molecular weight is 217 g/mol. The normalized spacial score (nSPS) is 16.1. The average Bonchev–Trinajstić information content (AvgIpc) is 2.64. The third-order valence-electron chi connectivity index (χ3n) is 2.89. The van der Waals surface area contributed by atoms with Gasteiger partial charge in [-0.15, -0.1) is 0 Å². The first-order chi connectivity index (χ1) is 7.83. The predicted molar refractivity (Wildman–Crippen MR) is 59.5 cm³/mol. The number of rotatable bonds is 2. The SMILES string of the molecule is Fc1cccc(-c2cnn(C3CNC3)c2)c1. The zero-order valence-electron chi connectivity index (χ0n) is 8.73. The van der Waals surface area contributed by atoms with Gasteiger partial charge in [-0.3, -0.25) is 4.68 Å². The quantitative estimate of drug-likeness (QED) is 0.831. The first-order valence-electron chi connectivity index (χ1n) is 5.34. The molecule has 2 aromatic rings. The molecule has 82 valence electrons. The van der Waals surface area contributed by atoms with Gasteiger partial charge in [0.1, 0.15) is 5.82 Å². The molecule has 0 unspecified atom stereocenters. The molecule has 0 aliphatic carbocycles. The van der Waals surface area contributed by atoms with E-state index in [9.17, 15) is 4.39 Å². The van der Waals surface area contributed by atoms with Crippen LogP contribution in [0, 0.1) is 5.82 Å². The van der Waals surface area contributed by atoms with Gasteiger partial charge in [0, 0.05) is 24.8 Å². The Bertz CT molecular complexity index is 502.